The molecule has 22 heavy (non-hydrogen) atoms. The molecule has 2 saturated heterocycles. The Kier molecular flexibility index (Phi) is 4.47. The van der Waals surface area contributed by atoms with Crippen molar-refractivity contribution in [2.24, 2.45) is 0 Å². The first kappa shape index (κ1) is 16.2. The summed E-state index contributed by atoms with van der Waals surface area (Å²) in [6, 6.07) is 4.57. The minimum Gasteiger partial charge on any atom is -0.390 e. The molecule has 2 aliphatic rings. The molecule has 0 radical (unpaired) electrons. The summed E-state index contributed by atoms with van der Waals surface area (Å²) in [6.45, 7) is 5.08. The first-order chi connectivity index (χ1) is 10.4. The lowest BCUT2D eigenvalue weighted by atomic mass is 9.78. The minimum atomic E-state index is -0.610. The average Bonchev–Trinajstić information content (AvgIpc) is 2.43. The van der Waals surface area contributed by atoms with Crippen LogP contribution in [0.5, 0.6) is 0 Å². The van der Waals surface area contributed by atoms with E-state index in [9.17, 15) is 9.50 Å². The number of hydrogen-bond donors (Lipinski definition) is 1. The maximum absolute atomic E-state index is 13.1. The van der Waals surface area contributed by atoms with Crippen molar-refractivity contribution in [2.75, 3.05) is 19.7 Å². The highest BCUT2D eigenvalue weighted by Crippen LogP contribution is 2.39. The molecular weight excluding hydrogens is 305 g/mol. The third-order valence-corrected chi connectivity index (χ3v) is 5.28. The van der Waals surface area contributed by atoms with Gasteiger partial charge in [0, 0.05) is 31.1 Å². The number of halogens is 2. The fraction of sp³-hybridized carbons (Fsp3) is 0.647. The molecule has 1 atom stereocenters. The molecular formula is C17H23ClFNO2. The van der Waals surface area contributed by atoms with Crippen LogP contribution < -0.4 is 0 Å². The number of benzene rings is 1. The van der Waals surface area contributed by atoms with E-state index in [0.29, 0.717) is 24.5 Å². The van der Waals surface area contributed by atoms with Crippen LogP contribution in [0.4, 0.5) is 4.39 Å². The standard InChI is InChI=1S/C17H23ClFNO2/c1-16(21)6-9-22-17(12-16)4-7-20(8-5-17)11-13-2-3-14(19)10-15(13)18/h2-3,10,21H,4-9,11-12H2,1H3. The zero-order valence-electron chi connectivity index (χ0n) is 12.9. The van der Waals surface area contributed by atoms with Crippen molar-refractivity contribution < 1.29 is 14.2 Å². The lowest BCUT2D eigenvalue weighted by molar-refractivity contribution is -0.173. The Morgan fingerprint density at radius 2 is 2.05 bits per heavy atom. The first-order valence-electron chi connectivity index (χ1n) is 7.90. The Morgan fingerprint density at radius 1 is 1.32 bits per heavy atom. The first-order valence-corrected chi connectivity index (χ1v) is 8.28. The Labute approximate surface area is 136 Å². The van der Waals surface area contributed by atoms with Gasteiger partial charge in [0.2, 0.25) is 0 Å². The van der Waals surface area contributed by atoms with Crippen LogP contribution in [-0.2, 0) is 11.3 Å². The van der Waals surface area contributed by atoms with E-state index in [0.717, 1.165) is 38.0 Å². The van der Waals surface area contributed by atoms with Gasteiger partial charge in [-0.05, 0) is 43.9 Å². The molecule has 1 unspecified atom stereocenters. The fourth-order valence-electron chi connectivity index (χ4n) is 3.65. The van der Waals surface area contributed by atoms with Gasteiger partial charge in [0.1, 0.15) is 5.82 Å². The molecule has 2 heterocycles. The molecule has 1 N–H and O–H groups in total. The molecule has 1 spiro atoms. The Morgan fingerprint density at radius 3 is 2.68 bits per heavy atom. The van der Waals surface area contributed by atoms with E-state index < -0.39 is 5.60 Å². The third-order valence-electron chi connectivity index (χ3n) is 4.93. The van der Waals surface area contributed by atoms with Crippen LogP contribution in [0.3, 0.4) is 0 Å². The topological polar surface area (TPSA) is 32.7 Å². The summed E-state index contributed by atoms with van der Waals surface area (Å²) in [7, 11) is 0. The van der Waals surface area contributed by atoms with Crippen molar-refractivity contribution in [1.29, 1.82) is 0 Å². The summed E-state index contributed by atoms with van der Waals surface area (Å²) in [4.78, 5) is 2.32. The van der Waals surface area contributed by atoms with Crippen LogP contribution in [-0.4, -0.2) is 40.9 Å². The Hall–Kier alpha value is -0.680. The van der Waals surface area contributed by atoms with Crippen molar-refractivity contribution in [3.8, 4) is 0 Å². The summed E-state index contributed by atoms with van der Waals surface area (Å²) < 4.78 is 19.1. The van der Waals surface area contributed by atoms with Crippen LogP contribution >= 0.6 is 11.6 Å². The zero-order chi connectivity index (χ0) is 15.8. The maximum Gasteiger partial charge on any atom is 0.124 e. The average molecular weight is 328 g/mol. The van der Waals surface area contributed by atoms with E-state index in [1.165, 1.54) is 12.1 Å². The van der Waals surface area contributed by atoms with Crippen molar-refractivity contribution in [1.82, 2.24) is 4.90 Å². The van der Waals surface area contributed by atoms with Gasteiger partial charge in [0.25, 0.3) is 0 Å². The number of rotatable bonds is 2. The number of aliphatic hydroxyl groups is 1. The normalized spacial score (nSPS) is 28.9. The van der Waals surface area contributed by atoms with Gasteiger partial charge in [-0.3, -0.25) is 4.90 Å². The summed E-state index contributed by atoms with van der Waals surface area (Å²) >= 11 is 6.10. The summed E-state index contributed by atoms with van der Waals surface area (Å²) in [6.07, 6.45) is 3.26. The van der Waals surface area contributed by atoms with E-state index in [2.05, 4.69) is 4.90 Å². The second-order valence-corrected chi connectivity index (χ2v) is 7.37. The predicted octanol–water partition coefficient (Wildman–Crippen LogP) is 3.38. The molecule has 0 saturated carbocycles. The predicted molar refractivity (Wildman–Crippen MR) is 84.5 cm³/mol. The number of hydrogen-bond acceptors (Lipinski definition) is 3. The van der Waals surface area contributed by atoms with E-state index in [-0.39, 0.29) is 11.4 Å². The largest absolute Gasteiger partial charge is 0.390 e. The number of nitrogens with zero attached hydrogens (tertiary/aromatic N) is 1. The van der Waals surface area contributed by atoms with Gasteiger partial charge in [-0.25, -0.2) is 4.39 Å². The maximum atomic E-state index is 13.1. The van der Waals surface area contributed by atoms with Gasteiger partial charge >= 0.3 is 0 Å². The fourth-order valence-corrected chi connectivity index (χ4v) is 3.88. The number of ether oxygens (including phenoxy) is 1. The molecule has 0 aliphatic carbocycles. The number of piperidine rings is 1. The molecule has 122 valence electrons. The molecule has 2 fully saturated rings. The quantitative estimate of drug-likeness (QED) is 0.904. The monoisotopic (exact) mass is 327 g/mol. The molecule has 3 nitrogen and oxygen atoms in total. The third kappa shape index (κ3) is 3.62. The SMILES string of the molecule is CC1(O)CCOC2(CCN(Cc3ccc(F)cc3Cl)CC2)C1. The number of likely N-dealkylation sites (tertiary alicyclic amines) is 1. The van der Waals surface area contributed by atoms with Gasteiger partial charge in [0.15, 0.2) is 0 Å². The van der Waals surface area contributed by atoms with E-state index in [1.807, 2.05) is 6.92 Å². The highest BCUT2D eigenvalue weighted by Gasteiger charge is 2.44. The highest BCUT2D eigenvalue weighted by atomic mass is 35.5. The van der Waals surface area contributed by atoms with Crippen LogP contribution in [0, 0.1) is 5.82 Å². The second kappa shape index (κ2) is 6.08. The van der Waals surface area contributed by atoms with Crippen LogP contribution in [0.2, 0.25) is 5.02 Å². The van der Waals surface area contributed by atoms with Crippen LogP contribution in [0.1, 0.15) is 38.2 Å². The lowest BCUT2D eigenvalue weighted by Crippen LogP contribution is -2.53. The molecule has 1 aromatic rings. The summed E-state index contributed by atoms with van der Waals surface area (Å²) in [5, 5.41) is 10.8. The Bertz CT molecular complexity index is 541. The molecule has 3 rings (SSSR count). The lowest BCUT2D eigenvalue weighted by Gasteiger charge is -2.48. The highest BCUT2D eigenvalue weighted by molar-refractivity contribution is 6.31. The smallest absolute Gasteiger partial charge is 0.124 e. The molecule has 0 aromatic heterocycles. The second-order valence-electron chi connectivity index (χ2n) is 6.97. The van der Waals surface area contributed by atoms with Crippen molar-refractivity contribution >= 4 is 11.6 Å². The van der Waals surface area contributed by atoms with Crippen LogP contribution in [0.15, 0.2) is 18.2 Å². The van der Waals surface area contributed by atoms with E-state index in [1.54, 1.807) is 6.07 Å². The van der Waals surface area contributed by atoms with Gasteiger partial charge in [0.05, 0.1) is 17.8 Å². The molecule has 0 amide bonds. The minimum absolute atomic E-state index is 0.176. The summed E-state index contributed by atoms with van der Waals surface area (Å²) in [5.74, 6) is -0.302. The molecule has 1 aromatic carbocycles. The van der Waals surface area contributed by atoms with Gasteiger partial charge < -0.3 is 9.84 Å². The van der Waals surface area contributed by atoms with Crippen molar-refractivity contribution in [2.45, 2.75) is 50.4 Å². The van der Waals surface area contributed by atoms with Crippen molar-refractivity contribution in [3.05, 3.63) is 34.6 Å². The molecule has 0 bridgehead atoms. The van der Waals surface area contributed by atoms with Gasteiger partial charge in [-0.15, -0.1) is 0 Å². The molecule has 5 heteroatoms. The van der Waals surface area contributed by atoms with E-state index in [4.69, 9.17) is 16.3 Å². The van der Waals surface area contributed by atoms with Gasteiger partial charge in [-0.1, -0.05) is 17.7 Å². The van der Waals surface area contributed by atoms with Gasteiger partial charge in [-0.2, -0.15) is 0 Å². The summed E-state index contributed by atoms with van der Waals surface area (Å²) in [5.41, 5.74) is 0.168. The van der Waals surface area contributed by atoms with Crippen LogP contribution in [0.25, 0.3) is 0 Å². The van der Waals surface area contributed by atoms with E-state index >= 15 is 0 Å². The Balaban J connectivity index is 1.60. The molecule has 2 aliphatic heterocycles. The van der Waals surface area contributed by atoms with Crippen molar-refractivity contribution in [3.63, 3.8) is 0 Å². The zero-order valence-corrected chi connectivity index (χ0v) is 13.7.